The number of rotatable bonds is 14. The van der Waals surface area contributed by atoms with Crippen LogP contribution in [0, 0.1) is 22.7 Å². The summed E-state index contributed by atoms with van der Waals surface area (Å²) in [5, 5.41) is 27.5. The zero-order valence-electron chi connectivity index (χ0n) is 52.8. The number of furan rings is 2. The number of benzene rings is 4. The van der Waals surface area contributed by atoms with Crippen molar-refractivity contribution in [1.29, 1.82) is 10.5 Å². The summed E-state index contributed by atoms with van der Waals surface area (Å²) >= 11 is 6.54. The summed E-state index contributed by atoms with van der Waals surface area (Å²) in [6.07, 6.45) is 12.0. The van der Waals surface area contributed by atoms with Crippen LogP contribution in [-0.2, 0) is 18.8 Å². The Balaban J connectivity index is 0.000000146. The summed E-state index contributed by atoms with van der Waals surface area (Å²) in [4.78, 5) is 36.8. The number of halogens is 1. The number of nitrogens with one attached hydrogen (secondary N) is 2. The van der Waals surface area contributed by atoms with Crippen LogP contribution in [-0.4, -0.2) is 131 Å². The van der Waals surface area contributed by atoms with E-state index in [0.29, 0.717) is 96.4 Å². The second kappa shape index (κ2) is 26.6. The molecule has 0 spiro atoms. The number of carbonyl (C=O) groups is 2. The first-order chi connectivity index (χ1) is 43.3. The molecule has 3 aliphatic heterocycles. The van der Waals surface area contributed by atoms with Crippen LogP contribution >= 0.6 is 11.6 Å². The Bertz CT molecular complexity index is 4050. The highest BCUT2D eigenvalue weighted by molar-refractivity contribution is 6.62. The van der Waals surface area contributed by atoms with Crippen LogP contribution in [0.3, 0.4) is 0 Å². The van der Waals surface area contributed by atoms with Crippen LogP contribution in [0.1, 0.15) is 134 Å². The highest BCUT2D eigenvalue weighted by Gasteiger charge is 2.52. The fourth-order valence-electron chi connectivity index (χ4n) is 11.4. The third kappa shape index (κ3) is 13.5. The molecule has 5 fully saturated rings. The van der Waals surface area contributed by atoms with Crippen molar-refractivity contribution in [2.75, 3.05) is 79.5 Å². The molecule has 13 rings (SSSR count). The molecule has 7 heterocycles. The number of methoxy groups -OCH3 is 2. The standard InChI is InChI=1S/C32H32N4O4.C20H19ClN2O3.C18H25BN2O3/c1-36(2)32(37)20-6-7-25(28(16-20)38-3)29-17-27-31(40-29)24(8-11-34-27)21-14-22(18-33)30(26(15-21)19-4-5-19)35-23-9-12-39-13-10-23;1-23(2)20(24)12-6-7-13(16(8-12)25-3)17-9-15-19(26-17)18(21)14(10-22-15)11-4-5-11;1-17(2)18(3,4)24-19(23-17)14-5-6-16(13(11-14)12-20)21-15-7-9-22-10-8-15/h6-8,11,14-17,19,23,35H,4-5,9-10,12-13H2,1-3H3;6-11H,4-5H2,1-3H3;5-6,11,15,21H,7-10H2,1-4H3. The number of ether oxygens (including phenoxy) is 4. The summed E-state index contributed by atoms with van der Waals surface area (Å²) in [6.45, 7) is 11.1. The first kappa shape index (κ1) is 63.2. The SMILES string of the molecule is CC1(C)OB(c2ccc(NC3CCOCC3)c(C#N)c2)OC1(C)C.COc1cc(C(=O)N(C)C)ccc1-c1cc2ncc(C3CC3)c(Cl)c2o1.COc1cc(C(=O)N(C)C)ccc1-c1cc2nccc(-c3cc(C#N)c(NC4CCOCC4)c(C4CC4)c3)c2o1. The number of hydrogen-bond donors (Lipinski definition) is 2. The van der Waals surface area contributed by atoms with Gasteiger partial charge in [-0.25, -0.2) is 0 Å². The summed E-state index contributed by atoms with van der Waals surface area (Å²) in [5.41, 5.74) is 12.5. The lowest BCUT2D eigenvalue weighted by Crippen LogP contribution is -2.41. The minimum absolute atomic E-state index is 0.0850. The van der Waals surface area contributed by atoms with E-state index in [9.17, 15) is 20.1 Å². The predicted octanol–water partition coefficient (Wildman–Crippen LogP) is 13.4. The van der Waals surface area contributed by atoms with E-state index >= 15 is 0 Å². The summed E-state index contributed by atoms with van der Waals surface area (Å²) < 4.78 is 46.6. The first-order valence-corrected chi connectivity index (χ1v) is 31.1. The first-order valence-electron chi connectivity index (χ1n) is 30.7. The molecule has 4 aromatic heterocycles. The van der Waals surface area contributed by atoms with Gasteiger partial charge in [-0.1, -0.05) is 17.7 Å². The van der Waals surface area contributed by atoms with Gasteiger partial charge < -0.3 is 57.5 Å². The maximum Gasteiger partial charge on any atom is 0.494 e. The monoisotopic (exact) mass is 1230 g/mol. The molecular formula is C70H76BClN8O10. The Hall–Kier alpha value is -8.43. The Morgan fingerprint density at radius 3 is 1.66 bits per heavy atom. The Morgan fingerprint density at radius 1 is 0.611 bits per heavy atom. The lowest BCUT2D eigenvalue weighted by molar-refractivity contribution is 0.00578. The van der Waals surface area contributed by atoms with Gasteiger partial charge in [-0.15, -0.1) is 0 Å². The van der Waals surface area contributed by atoms with E-state index in [4.69, 9.17) is 48.7 Å². The molecule has 2 amide bonds. The topological polar surface area (TPSA) is 220 Å². The molecule has 2 aliphatic carbocycles. The molecular weight excluding hydrogens is 1160 g/mol. The molecule has 90 heavy (non-hydrogen) atoms. The van der Waals surface area contributed by atoms with Crippen LogP contribution in [0.25, 0.3) is 56.0 Å². The molecule has 0 bridgehead atoms. The number of carbonyl (C=O) groups excluding carboxylic acids is 2. The number of nitrogens with zero attached hydrogens (tertiary/aromatic N) is 6. The van der Waals surface area contributed by atoms with Gasteiger partial charge in [0.2, 0.25) is 0 Å². The van der Waals surface area contributed by atoms with E-state index < -0.39 is 7.12 Å². The average Bonchev–Trinajstić information content (AvgIpc) is 1.77. The molecule has 8 aromatic rings. The van der Waals surface area contributed by atoms with Gasteiger partial charge in [0.1, 0.15) is 46.2 Å². The van der Waals surface area contributed by atoms with Crippen LogP contribution in [0.4, 0.5) is 11.4 Å². The third-order valence-electron chi connectivity index (χ3n) is 17.6. The molecule has 2 N–H and O–H groups in total. The van der Waals surface area contributed by atoms with Crippen molar-refractivity contribution in [2.24, 2.45) is 0 Å². The van der Waals surface area contributed by atoms with Crippen molar-refractivity contribution in [1.82, 2.24) is 19.8 Å². The predicted molar refractivity (Wildman–Crippen MR) is 349 cm³/mol. The van der Waals surface area contributed by atoms with E-state index in [1.54, 1.807) is 72.9 Å². The average molecular weight is 1240 g/mol. The second-order valence-electron chi connectivity index (χ2n) is 25.0. The molecule has 0 unspecified atom stereocenters. The molecule has 5 aliphatic rings. The molecule has 4 aromatic carbocycles. The smallest absolute Gasteiger partial charge is 0.494 e. The van der Waals surface area contributed by atoms with Crippen LogP contribution < -0.4 is 25.6 Å². The number of amides is 2. The summed E-state index contributed by atoms with van der Waals surface area (Å²) in [6, 6.07) is 31.7. The molecule has 466 valence electrons. The van der Waals surface area contributed by atoms with Crippen molar-refractivity contribution in [3.05, 3.63) is 136 Å². The van der Waals surface area contributed by atoms with Gasteiger partial charge >= 0.3 is 7.12 Å². The lowest BCUT2D eigenvalue weighted by atomic mass is 9.78. The maximum atomic E-state index is 12.5. The molecule has 2 saturated carbocycles. The third-order valence-corrected chi connectivity index (χ3v) is 18.0. The van der Waals surface area contributed by atoms with Gasteiger partial charge in [0.05, 0.1) is 64.1 Å². The number of fused-ring (bicyclic) bond motifs is 2. The quantitative estimate of drug-likeness (QED) is 0.0967. The van der Waals surface area contributed by atoms with Crippen LogP contribution in [0.5, 0.6) is 11.5 Å². The van der Waals surface area contributed by atoms with Crippen LogP contribution in [0.2, 0.25) is 5.02 Å². The Labute approximate surface area is 530 Å². The minimum atomic E-state index is -0.445. The van der Waals surface area contributed by atoms with Crippen molar-refractivity contribution < 1.29 is 46.7 Å². The zero-order valence-corrected chi connectivity index (χ0v) is 53.5. The minimum Gasteiger partial charge on any atom is -0.496 e. The van der Waals surface area contributed by atoms with E-state index in [-0.39, 0.29) is 23.0 Å². The highest BCUT2D eigenvalue weighted by atomic mass is 35.5. The van der Waals surface area contributed by atoms with Crippen molar-refractivity contribution in [2.45, 2.75) is 114 Å². The zero-order chi connectivity index (χ0) is 63.6. The molecule has 18 nitrogen and oxygen atoms in total. The van der Waals surface area contributed by atoms with Gasteiger partial charge in [-0.05, 0) is 180 Å². The van der Waals surface area contributed by atoms with Crippen molar-refractivity contribution in [3.63, 3.8) is 0 Å². The van der Waals surface area contributed by atoms with E-state index in [2.05, 4.69) is 38.8 Å². The number of anilines is 2. The molecule has 0 radical (unpaired) electrons. The van der Waals surface area contributed by atoms with Crippen LogP contribution in [0.15, 0.2) is 106 Å². The molecule has 3 saturated heterocycles. The van der Waals surface area contributed by atoms with E-state index in [1.807, 2.05) is 88.5 Å². The second-order valence-corrected chi connectivity index (χ2v) is 25.4. The Morgan fingerprint density at radius 2 is 1.13 bits per heavy atom. The number of pyridine rings is 2. The number of nitriles is 2. The fourth-order valence-corrected chi connectivity index (χ4v) is 11.8. The highest BCUT2D eigenvalue weighted by Crippen LogP contribution is 2.49. The van der Waals surface area contributed by atoms with Gasteiger partial charge in [-0.2, -0.15) is 10.5 Å². The van der Waals surface area contributed by atoms with Gasteiger partial charge in [0.15, 0.2) is 11.2 Å². The normalized spacial score (nSPS) is 17.1. The summed E-state index contributed by atoms with van der Waals surface area (Å²) in [7, 11) is 9.57. The lowest BCUT2D eigenvalue weighted by Gasteiger charge is -2.32. The van der Waals surface area contributed by atoms with Gasteiger partial charge in [0, 0.05) is 108 Å². The molecule has 20 heteroatoms. The number of aromatic nitrogens is 2. The number of hydrogen-bond acceptors (Lipinski definition) is 16. The fraction of sp³-hybridized carbons (Fsp3) is 0.400. The Kier molecular flexibility index (Phi) is 18.6. The van der Waals surface area contributed by atoms with Gasteiger partial charge in [-0.3, -0.25) is 19.6 Å². The summed E-state index contributed by atoms with van der Waals surface area (Å²) in [5.74, 6) is 3.07. The maximum absolute atomic E-state index is 12.5. The van der Waals surface area contributed by atoms with E-state index in [1.165, 1.54) is 15.4 Å². The largest absolute Gasteiger partial charge is 0.496 e. The van der Waals surface area contributed by atoms with Crippen molar-refractivity contribution >= 4 is 69.6 Å². The molecule has 0 atom stereocenters. The van der Waals surface area contributed by atoms with Gasteiger partial charge in [0.25, 0.3) is 11.8 Å². The van der Waals surface area contributed by atoms with E-state index in [0.717, 1.165) is 122 Å². The van der Waals surface area contributed by atoms with Crippen molar-refractivity contribution in [3.8, 4) is 57.4 Å².